The highest BCUT2D eigenvalue weighted by Gasteiger charge is 2.62. The summed E-state index contributed by atoms with van der Waals surface area (Å²) in [6.45, 7) is 11.9. The van der Waals surface area contributed by atoms with Gasteiger partial charge in [-0.15, -0.1) is 0 Å². The minimum Gasteiger partial charge on any atom is -0.212 e. The van der Waals surface area contributed by atoms with Crippen LogP contribution in [0.15, 0.2) is 11.6 Å². The fourth-order valence-electron chi connectivity index (χ4n) is 4.68. The molecule has 124 valence electrons. The highest BCUT2D eigenvalue weighted by atomic mass is 32.2. The molecule has 0 spiro atoms. The second kappa shape index (κ2) is 5.35. The largest absolute Gasteiger partial charge is 0.215 e. The molecule has 2 aliphatic rings. The molecular formula is C17H28N2O2S. The summed E-state index contributed by atoms with van der Waals surface area (Å²) in [5.41, 5.74) is 0.00249. The minimum atomic E-state index is -3.42. The highest BCUT2D eigenvalue weighted by Crippen LogP contribution is 2.65. The fourth-order valence-corrected chi connectivity index (χ4v) is 7.41. The van der Waals surface area contributed by atoms with Crippen LogP contribution < -0.4 is 0 Å². The van der Waals surface area contributed by atoms with E-state index in [1.807, 2.05) is 33.8 Å². The Morgan fingerprint density at radius 1 is 1.32 bits per heavy atom. The van der Waals surface area contributed by atoms with Crippen molar-refractivity contribution in [2.24, 2.45) is 16.7 Å². The van der Waals surface area contributed by atoms with Crippen molar-refractivity contribution in [1.82, 2.24) is 4.31 Å². The van der Waals surface area contributed by atoms with Gasteiger partial charge in [0, 0.05) is 23.1 Å². The van der Waals surface area contributed by atoms with Gasteiger partial charge in [-0.25, -0.2) is 8.42 Å². The first kappa shape index (κ1) is 17.5. The van der Waals surface area contributed by atoms with Crippen LogP contribution in [0.25, 0.3) is 0 Å². The fraction of sp³-hybridized carbons (Fsp3) is 0.824. The van der Waals surface area contributed by atoms with E-state index in [-0.39, 0.29) is 23.3 Å². The summed E-state index contributed by atoms with van der Waals surface area (Å²) in [5.74, 6) is 0.378. The first-order valence-corrected chi connectivity index (χ1v) is 9.74. The first-order valence-electron chi connectivity index (χ1n) is 8.13. The molecule has 1 fully saturated rings. The van der Waals surface area contributed by atoms with Gasteiger partial charge in [0.05, 0.1) is 11.8 Å². The highest BCUT2D eigenvalue weighted by molar-refractivity contribution is 7.89. The second-order valence-corrected chi connectivity index (χ2v) is 9.79. The molecule has 0 radical (unpaired) electrons. The Balaban J connectivity index is 2.44. The predicted molar refractivity (Wildman–Crippen MR) is 88.5 cm³/mol. The average Bonchev–Trinajstić information content (AvgIpc) is 2.69. The molecular weight excluding hydrogens is 296 g/mol. The SMILES string of the molecule is CC(C)N(C(C)C)S(=O)(=O)CC12CCC(C=C1C#N)C2(C)C. The smallest absolute Gasteiger partial charge is 0.212 e. The molecule has 0 aliphatic heterocycles. The molecule has 2 aliphatic carbocycles. The lowest BCUT2D eigenvalue weighted by atomic mass is 9.67. The summed E-state index contributed by atoms with van der Waals surface area (Å²) < 4.78 is 27.8. The number of hydrogen-bond donors (Lipinski definition) is 0. The van der Waals surface area contributed by atoms with Crippen molar-refractivity contribution in [3.05, 3.63) is 11.6 Å². The van der Waals surface area contributed by atoms with Crippen LogP contribution in [0.4, 0.5) is 0 Å². The van der Waals surface area contributed by atoms with Crippen LogP contribution in [-0.4, -0.2) is 30.6 Å². The van der Waals surface area contributed by atoms with Crippen molar-refractivity contribution in [2.75, 3.05) is 5.75 Å². The quantitative estimate of drug-likeness (QED) is 0.779. The first-order chi connectivity index (χ1) is 9.99. The van der Waals surface area contributed by atoms with Gasteiger partial charge in [-0.2, -0.15) is 9.57 Å². The van der Waals surface area contributed by atoms with Gasteiger partial charge in [-0.3, -0.25) is 0 Å². The van der Waals surface area contributed by atoms with E-state index in [0.717, 1.165) is 12.8 Å². The lowest BCUT2D eigenvalue weighted by molar-refractivity contribution is 0.173. The van der Waals surface area contributed by atoms with Gasteiger partial charge in [0.25, 0.3) is 0 Å². The molecule has 1 saturated carbocycles. The van der Waals surface area contributed by atoms with Gasteiger partial charge in [0.1, 0.15) is 0 Å². The van der Waals surface area contributed by atoms with E-state index < -0.39 is 15.4 Å². The number of hydrogen-bond acceptors (Lipinski definition) is 3. The Morgan fingerprint density at radius 3 is 2.27 bits per heavy atom. The second-order valence-electron chi connectivity index (χ2n) is 7.91. The maximum absolute atomic E-state index is 13.1. The maximum atomic E-state index is 13.1. The van der Waals surface area contributed by atoms with Crippen LogP contribution in [0.5, 0.6) is 0 Å². The van der Waals surface area contributed by atoms with E-state index in [0.29, 0.717) is 11.5 Å². The van der Waals surface area contributed by atoms with E-state index in [1.54, 1.807) is 4.31 Å². The van der Waals surface area contributed by atoms with E-state index in [4.69, 9.17) is 0 Å². The average molecular weight is 324 g/mol. The van der Waals surface area contributed by atoms with E-state index >= 15 is 0 Å². The molecule has 0 aromatic heterocycles. The molecule has 5 heteroatoms. The standard InChI is InChI=1S/C17H28N2O2S/c1-12(2)19(13(3)4)22(20,21)11-17-8-7-14(16(17,5)6)9-15(17)10-18/h9,12-14H,7-8,11H2,1-6H3. The predicted octanol–water partition coefficient (Wildman–Crippen LogP) is 3.32. The van der Waals surface area contributed by atoms with Crippen molar-refractivity contribution < 1.29 is 8.42 Å². The Kier molecular flexibility index (Phi) is 4.25. The molecule has 0 amide bonds. The number of nitrogens with zero attached hydrogens (tertiary/aromatic N) is 2. The van der Waals surface area contributed by atoms with Crippen LogP contribution in [0.2, 0.25) is 0 Å². The van der Waals surface area contributed by atoms with Gasteiger partial charge in [0.2, 0.25) is 10.0 Å². The molecule has 2 rings (SSSR count). The molecule has 0 aromatic carbocycles. The van der Waals surface area contributed by atoms with E-state index in [9.17, 15) is 13.7 Å². The number of fused-ring (bicyclic) bond motifs is 2. The maximum Gasteiger partial charge on any atom is 0.215 e. The molecule has 0 heterocycles. The molecule has 2 bridgehead atoms. The number of nitriles is 1. The van der Waals surface area contributed by atoms with Gasteiger partial charge in [0.15, 0.2) is 0 Å². The van der Waals surface area contributed by atoms with Crippen molar-refractivity contribution in [2.45, 2.75) is 66.5 Å². The lowest BCUT2D eigenvalue weighted by Crippen LogP contribution is -2.49. The third-order valence-electron chi connectivity index (χ3n) is 5.81. The normalized spacial score (nSPS) is 30.2. The van der Waals surface area contributed by atoms with Crippen molar-refractivity contribution >= 4 is 10.0 Å². The number of sulfonamides is 1. The Morgan fingerprint density at radius 2 is 1.86 bits per heavy atom. The third-order valence-corrected chi connectivity index (χ3v) is 8.16. The molecule has 0 aromatic rings. The minimum absolute atomic E-state index is 0.0548. The number of allylic oxidation sites excluding steroid dienone is 2. The summed E-state index contributed by atoms with van der Waals surface area (Å²) in [5, 5.41) is 9.51. The van der Waals surface area contributed by atoms with Gasteiger partial charge in [-0.1, -0.05) is 19.9 Å². The Bertz CT molecular complexity index is 618. The molecule has 2 atom stereocenters. The van der Waals surface area contributed by atoms with E-state index in [2.05, 4.69) is 19.9 Å². The third kappa shape index (κ3) is 2.32. The Labute approximate surface area is 135 Å². The summed E-state index contributed by atoms with van der Waals surface area (Å²) in [6.07, 6.45) is 3.80. The molecule has 2 unspecified atom stereocenters. The van der Waals surface area contributed by atoms with Crippen LogP contribution >= 0.6 is 0 Å². The summed E-state index contributed by atoms with van der Waals surface area (Å²) in [7, 11) is -3.42. The molecule has 22 heavy (non-hydrogen) atoms. The number of rotatable bonds is 5. The zero-order chi connectivity index (χ0) is 16.9. The summed E-state index contributed by atoms with van der Waals surface area (Å²) in [4.78, 5) is 0. The lowest BCUT2D eigenvalue weighted by Gasteiger charge is -2.41. The summed E-state index contributed by atoms with van der Waals surface area (Å²) >= 11 is 0. The van der Waals surface area contributed by atoms with Crippen molar-refractivity contribution in [3.8, 4) is 6.07 Å². The van der Waals surface area contributed by atoms with E-state index in [1.165, 1.54) is 0 Å². The Hall–Kier alpha value is -0.860. The van der Waals surface area contributed by atoms with Crippen molar-refractivity contribution in [1.29, 1.82) is 5.26 Å². The topological polar surface area (TPSA) is 61.2 Å². The zero-order valence-electron chi connectivity index (χ0n) is 14.5. The van der Waals surface area contributed by atoms with Crippen molar-refractivity contribution in [3.63, 3.8) is 0 Å². The zero-order valence-corrected chi connectivity index (χ0v) is 15.4. The van der Waals surface area contributed by atoms with Crippen LogP contribution in [0, 0.1) is 28.1 Å². The molecule has 0 saturated heterocycles. The van der Waals surface area contributed by atoms with Crippen LogP contribution in [-0.2, 0) is 10.0 Å². The monoisotopic (exact) mass is 324 g/mol. The summed E-state index contributed by atoms with van der Waals surface area (Å²) in [6, 6.07) is 2.15. The van der Waals surface area contributed by atoms with Gasteiger partial charge < -0.3 is 0 Å². The van der Waals surface area contributed by atoms with Gasteiger partial charge >= 0.3 is 0 Å². The van der Waals surface area contributed by atoms with Crippen LogP contribution in [0.3, 0.4) is 0 Å². The molecule has 0 N–H and O–H groups in total. The van der Waals surface area contributed by atoms with Gasteiger partial charge in [-0.05, 0) is 51.9 Å². The van der Waals surface area contributed by atoms with Crippen LogP contribution in [0.1, 0.15) is 54.4 Å². The molecule has 4 nitrogen and oxygen atoms in total.